The summed E-state index contributed by atoms with van der Waals surface area (Å²) in [6.07, 6.45) is -0.727. The largest absolute Gasteiger partial charge is 0.481 e. The number of esters is 1. The average molecular weight is 348 g/mol. The monoisotopic (exact) mass is 347 g/mol. The standard InChI is InChI=1S/C18H18ClNO4/c1-3-23-18(22)13-9-10-15(19)16(11-13)20-17(21)12(2)24-14-7-5-4-6-8-14/h4-12H,3H2,1-2H3,(H,20,21)/t12-/m0/s1. The van der Waals surface area contributed by atoms with Crippen molar-refractivity contribution >= 4 is 29.2 Å². The van der Waals surface area contributed by atoms with Gasteiger partial charge in [0.05, 0.1) is 22.9 Å². The zero-order valence-corrected chi connectivity index (χ0v) is 14.2. The first kappa shape index (κ1) is 17.8. The molecule has 24 heavy (non-hydrogen) atoms. The van der Waals surface area contributed by atoms with E-state index in [1.807, 2.05) is 18.2 Å². The van der Waals surface area contributed by atoms with Gasteiger partial charge in [-0.05, 0) is 44.2 Å². The van der Waals surface area contributed by atoms with Crippen LogP contribution in [0.15, 0.2) is 48.5 Å². The summed E-state index contributed by atoms with van der Waals surface area (Å²) in [5.41, 5.74) is 0.643. The number of nitrogens with one attached hydrogen (secondary N) is 1. The van der Waals surface area contributed by atoms with Crippen molar-refractivity contribution in [2.24, 2.45) is 0 Å². The van der Waals surface area contributed by atoms with Gasteiger partial charge in [-0.1, -0.05) is 29.8 Å². The summed E-state index contributed by atoms with van der Waals surface area (Å²) in [4.78, 5) is 24.0. The number of carbonyl (C=O) groups excluding carboxylic acids is 2. The molecule has 0 saturated carbocycles. The van der Waals surface area contributed by atoms with Gasteiger partial charge in [-0.2, -0.15) is 0 Å². The van der Waals surface area contributed by atoms with E-state index in [9.17, 15) is 9.59 Å². The molecular formula is C18H18ClNO4. The van der Waals surface area contributed by atoms with Crippen LogP contribution in [-0.4, -0.2) is 24.6 Å². The number of hydrogen-bond acceptors (Lipinski definition) is 4. The number of halogens is 1. The molecule has 1 N–H and O–H groups in total. The van der Waals surface area contributed by atoms with Crippen LogP contribution in [0.1, 0.15) is 24.2 Å². The molecule has 0 aliphatic rings. The highest BCUT2D eigenvalue weighted by atomic mass is 35.5. The van der Waals surface area contributed by atoms with Crippen molar-refractivity contribution in [1.29, 1.82) is 0 Å². The molecule has 0 aliphatic carbocycles. The zero-order chi connectivity index (χ0) is 17.5. The summed E-state index contributed by atoms with van der Waals surface area (Å²) in [7, 11) is 0. The summed E-state index contributed by atoms with van der Waals surface area (Å²) in [5, 5.41) is 2.99. The summed E-state index contributed by atoms with van der Waals surface area (Å²) < 4.78 is 10.5. The van der Waals surface area contributed by atoms with Gasteiger partial charge in [0, 0.05) is 0 Å². The maximum absolute atomic E-state index is 12.3. The Morgan fingerprint density at radius 1 is 1.17 bits per heavy atom. The van der Waals surface area contributed by atoms with E-state index in [0.717, 1.165) is 0 Å². The highest BCUT2D eigenvalue weighted by molar-refractivity contribution is 6.33. The van der Waals surface area contributed by atoms with Crippen LogP contribution in [0.4, 0.5) is 5.69 Å². The minimum Gasteiger partial charge on any atom is -0.481 e. The van der Waals surface area contributed by atoms with E-state index >= 15 is 0 Å². The third-order valence-electron chi connectivity index (χ3n) is 3.16. The zero-order valence-electron chi connectivity index (χ0n) is 13.4. The van der Waals surface area contributed by atoms with Gasteiger partial charge in [0.25, 0.3) is 5.91 Å². The van der Waals surface area contributed by atoms with E-state index in [0.29, 0.717) is 22.0 Å². The smallest absolute Gasteiger partial charge is 0.338 e. The van der Waals surface area contributed by atoms with Crippen LogP contribution in [0, 0.1) is 0 Å². The molecule has 0 radical (unpaired) electrons. The van der Waals surface area contributed by atoms with Gasteiger partial charge in [0.1, 0.15) is 5.75 Å². The number of hydrogen-bond donors (Lipinski definition) is 1. The number of carbonyl (C=O) groups is 2. The first-order valence-electron chi connectivity index (χ1n) is 7.50. The van der Waals surface area contributed by atoms with Crippen LogP contribution >= 0.6 is 11.6 Å². The van der Waals surface area contributed by atoms with E-state index in [-0.39, 0.29) is 12.5 Å². The summed E-state index contributed by atoms with van der Waals surface area (Å²) in [6.45, 7) is 3.62. The molecule has 0 bridgehead atoms. The van der Waals surface area contributed by atoms with Crippen LogP contribution < -0.4 is 10.1 Å². The molecule has 0 unspecified atom stereocenters. The van der Waals surface area contributed by atoms with Gasteiger partial charge >= 0.3 is 5.97 Å². The summed E-state index contributed by atoms with van der Waals surface area (Å²) >= 11 is 6.08. The molecule has 126 valence electrons. The molecule has 5 nitrogen and oxygen atoms in total. The Morgan fingerprint density at radius 3 is 2.54 bits per heavy atom. The molecule has 0 spiro atoms. The summed E-state index contributed by atoms with van der Waals surface area (Å²) in [5.74, 6) is -0.258. The Kier molecular flexibility index (Phi) is 6.21. The van der Waals surface area contributed by atoms with Gasteiger partial charge < -0.3 is 14.8 Å². The molecule has 6 heteroatoms. The number of benzene rings is 2. The van der Waals surface area contributed by atoms with Crippen LogP contribution in [0.5, 0.6) is 5.75 Å². The number of amides is 1. The molecule has 2 rings (SSSR count). The Bertz CT molecular complexity index is 718. The van der Waals surface area contributed by atoms with Crippen LogP contribution in [0.25, 0.3) is 0 Å². The predicted molar refractivity (Wildman–Crippen MR) is 92.6 cm³/mol. The Hall–Kier alpha value is -2.53. The predicted octanol–water partition coefficient (Wildman–Crippen LogP) is 3.92. The summed E-state index contributed by atoms with van der Waals surface area (Å²) in [6, 6.07) is 13.6. The van der Waals surface area contributed by atoms with Crippen LogP contribution in [0.2, 0.25) is 5.02 Å². The van der Waals surface area contributed by atoms with Gasteiger partial charge in [0.2, 0.25) is 0 Å². The first-order chi connectivity index (χ1) is 11.5. The fraction of sp³-hybridized carbons (Fsp3) is 0.222. The normalized spacial score (nSPS) is 11.5. The quantitative estimate of drug-likeness (QED) is 0.804. The van der Waals surface area contributed by atoms with Gasteiger partial charge in [-0.25, -0.2) is 4.79 Å². The van der Waals surface area contributed by atoms with Crippen molar-refractivity contribution in [2.75, 3.05) is 11.9 Å². The molecule has 0 aromatic heterocycles. The number of anilines is 1. The van der Waals surface area contributed by atoms with Crippen LogP contribution in [-0.2, 0) is 9.53 Å². The van der Waals surface area contributed by atoms with E-state index < -0.39 is 12.1 Å². The fourth-order valence-corrected chi connectivity index (χ4v) is 2.12. The average Bonchev–Trinajstić information content (AvgIpc) is 2.57. The molecule has 0 fully saturated rings. The Morgan fingerprint density at radius 2 is 1.88 bits per heavy atom. The minimum absolute atomic E-state index is 0.269. The van der Waals surface area contributed by atoms with Crippen LogP contribution in [0.3, 0.4) is 0 Å². The SMILES string of the molecule is CCOC(=O)c1ccc(Cl)c(NC(=O)[C@H](C)Oc2ccccc2)c1. The highest BCUT2D eigenvalue weighted by Gasteiger charge is 2.17. The number of ether oxygens (including phenoxy) is 2. The highest BCUT2D eigenvalue weighted by Crippen LogP contribution is 2.24. The van der Waals surface area contributed by atoms with Crippen molar-refractivity contribution in [1.82, 2.24) is 0 Å². The third-order valence-corrected chi connectivity index (χ3v) is 3.49. The second-order valence-electron chi connectivity index (χ2n) is 4.98. The molecule has 2 aromatic carbocycles. The molecule has 1 atom stereocenters. The Labute approximate surface area is 145 Å². The number of rotatable bonds is 6. The Balaban J connectivity index is 2.07. The molecule has 0 saturated heterocycles. The minimum atomic E-state index is -0.727. The van der Waals surface area contributed by atoms with E-state index in [2.05, 4.69) is 5.32 Å². The maximum atomic E-state index is 12.3. The molecular weight excluding hydrogens is 330 g/mol. The fourth-order valence-electron chi connectivity index (χ4n) is 1.95. The van der Waals surface area contributed by atoms with Gasteiger partial charge in [-0.15, -0.1) is 0 Å². The second kappa shape index (κ2) is 8.36. The van der Waals surface area contributed by atoms with Gasteiger partial charge in [0.15, 0.2) is 6.10 Å². The lowest BCUT2D eigenvalue weighted by molar-refractivity contribution is -0.122. The van der Waals surface area contributed by atoms with Crippen molar-refractivity contribution < 1.29 is 19.1 Å². The van der Waals surface area contributed by atoms with Crippen molar-refractivity contribution in [2.45, 2.75) is 20.0 Å². The molecule has 0 heterocycles. The molecule has 0 aliphatic heterocycles. The third kappa shape index (κ3) is 4.73. The molecule has 1 amide bonds. The van der Waals surface area contributed by atoms with E-state index in [1.54, 1.807) is 32.0 Å². The van der Waals surface area contributed by atoms with Crippen molar-refractivity contribution in [3.63, 3.8) is 0 Å². The lowest BCUT2D eigenvalue weighted by atomic mass is 10.2. The topological polar surface area (TPSA) is 64.6 Å². The van der Waals surface area contributed by atoms with Crippen molar-refractivity contribution in [3.8, 4) is 5.75 Å². The first-order valence-corrected chi connectivity index (χ1v) is 7.88. The second-order valence-corrected chi connectivity index (χ2v) is 5.38. The van der Waals surface area contributed by atoms with E-state index in [1.165, 1.54) is 12.1 Å². The lowest BCUT2D eigenvalue weighted by Gasteiger charge is -2.15. The van der Waals surface area contributed by atoms with Gasteiger partial charge in [-0.3, -0.25) is 4.79 Å². The van der Waals surface area contributed by atoms with E-state index in [4.69, 9.17) is 21.1 Å². The lowest BCUT2D eigenvalue weighted by Crippen LogP contribution is -2.30. The molecule has 2 aromatic rings. The van der Waals surface area contributed by atoms with Crippen molar-refractivity contribution in [3.05, 3.63) is 59.1 Å². The maximum Gasteiger partial charge on any atom is 0.338 e. The number of para-hydroxylation sites is 1.